The molecule has 15 heteroatoms. The van der Waals surface area contributed by atoms with E-state index in [0.717, 1.165) is 0 Å². The Balaban J connectivity index is 1.42. The van der Waals surface area contributed by atoms with Crippen molar-refractivity contribution in [2.75, 3.05) is 44.0 Å². The van der Waals surface area contributed by atoms with Crippen LogP contribution in [0, 0.1) is 0 Å². The van der Waals surface area contributed by atoms with Crippen molar-refractivity contribution in [3.63, 3.8) is 0 Å². The number of nitrogens with two attached hydrogens (primary N) is 1. The normalized spacial score (nSPS) is 12.6. The molecule has 41 heavy (non-hydrogen) atoms. The summed E-state index contributed by atoms with van der Waals surface area (Å²) in [7, 11) is 0. The summed E-state index contributed by atoms with van der Waals surface area (Å²) in [4.78, 5) is 50.5. The molecule has 2 atom stereocenters. The van der Waals surface area contributed by atoms with Crippen LogP contribution in [0.3, 0.4) is 0 Å². The van der Waals surface area contributed by atoms with E-state index in [9.17, 15) is 24.6 Å². The van der Waals surface area contributed by atoms with Gasteiger partial charge in [-0.1, -0.05) is 12.1 Å². The zero-order valence-electron chi connectivity index (χ0n) is 22.8. The van der Waals surface area contributed by atoms with Crippen LogP contribution >= 0.6 is 0 Å². The van der Waals surface area contributed by atoms with Gasteiger partial charge in [0.15, 0.2) is 11.2 Å². The molecule has 0 aliphatic rings. The van der Waals surface area contributed by atoms with Crippen molar-refractivity contribution in [3.8, 4) is 0 Å². The third-order valence-electron chi connectivity index (χ3n) is 5.87. The maximum absolute atomic E-state index is 12.1. The number of aliphatic hydroxyl groups excluding tert-OH is 1. The predicted octanol–water partition coefficient (Wildman–Crippen LogP) is 0.281. The predicted molar refractivity (Wildman–Crippen MR) is 150 cm³/mol. The van der Waals surface area contributed by atoms with Crippen molar-refractivity contribution in [2.45, 2.75) is 45.0 Å². The average molecular weight is 573 g/mol. The molecule has 2 heterocycles. The molecule has 0 saturated carbocycles. The van der Waals surface area contributed by atoms with E-state index in [1.54, 1.807) is 24.3 Å². The van der Waals surface area contributed by atoms with Crippen molar-refractivity contribution >= 4 is 34.7 Å². The van der Waals surface area contributed by atoms with Gasteiger partial charge < -0.3 is 36.1 Å². The number of carboxylic acid groups (broad SMARTS) is 1. The fourth-order valence-electron chi connectivity index (χ4n) is 3.73. The van der Waals surface area contributed by atoms with Gasteiger partial charge in [-0.2, -0.15) is 4.98 Å². The van der Waals surface area contributed by atoms with Gasteiger partial charge >= 0.3 is 5.97 Å². The largest absolute Gasteiger partial charge is 0.480 e. The number of aliphatic carboxylic acids is 1. The van der Waals surface area contributed by atoms with Gasteiger partial charge in [0.05, 0.1) is 31.6 Å². The molecule has 1 amide bonds. The van der Waals surface area contributed by atoms with Crippen molar-refractivity contribution in [1.29, 1.82) is 0 Å². The highest BCUT2D eigenvalue weighted by Crippen LogP contribution is 2.17. The number of aromatic nitrogens is 4. The lowest BCUT2D eigenvalue weighted by atomic mass is 10.1. The molecule has 0 saturated heterocycles. The van der Waals surface area contributed by atoms with Crippen LogP contribution in [0.1, 0.15) is 43.7 Å². The Labute approximate surface area is 235 Å². The molecule has 3 aromatic rings. The number of ether oxygens (including phenoxy) is 2. The number of carbonyl (C=O) groups is 2. The standard InChI is InChI=1S/C26H36N8O7/c1-2-40-12-13-41-11-3-10-28-20(35)9-8-19(25(38)39)32-23(36)16-4-6-17(7-5-16)29-14-18-15-30-22-21(31-18)24(37)34-26(27)33-22/h4-7,15,19,23,29,32,36H,2-3,8-14H2,1H3,(H,28,35)(H,38,39)(H3,27,30,33,34,37)/t19-,23?/m1/s1. The summed E-state index contributed by atoms with van der Waals surface area (Å²) in [6, 6.07) is 5.54. The summed E-state index contributed by atoms with van der Waals surface area (Å²) in [5.41, 5.74) is 6.89. The maximum Gasteiger partial charge on any atom is 0.320 e. The van der Waals surface area contributed by atoms with Gasteiger partial charge in [-0.3, -0.25) is 24.7 Å². The summed E-state index contributed by atoms with van der Waals surface area (Å²) in [5, 5.41) is 28.6. The maximum atomic E-state index is 12.1. The monoisotopic (exact) mass is 572 g/mol. The first-order chi connectivity index (χ1) is 19.8. The molecule has 0 fully saturated rings. The van der Waals surface area contributed by atoms with Crippen LogP contribution in [0.2, 0.25) is 0 Å². The second kappa shape index (κ2) is 16.2. The number of fused-ring (bicyclic) bond motifs is 1. The van der Waals surface area contributed by atoms with Crippen LogP contribution in [0.25, 0.3) is 11.2 Å². The quantitative estimate of drug-likeness (QED) is 0.0804. The van der Waals surface area contributed by atoms with Crippen molar-refractivity contribution in [2.24, 2.45) is 0 Å². The van der Waals surface area contributed by atoms with Gasteiger partial charge in [0.2, 0.25) is 11.9 Å². The summed E-state index contributed by atoms with van der Waals surface area (Å²) in [6.07, 6.45) is 0.832. The van der Waals surface area contributed by atoms with E-state index in [1.165, 1.54) is 6.20 Å². The molecule has 1 unspecified atom stereocenters. The van der Waals surface area contributed by atoms with E-state index >= 15 is 0 Å². The SMILES string of the molecule is CCOCCOCCCNC(=O)CC[C@@H](NC(O)c1ccc(NCc2cnc3nc(N)[nH]c(=O)c3n2)cc1)C(=O)O. The molecular weight excluding hydrogens is 536 g/mol. The minimum atomic E-state index is -1.26. The second-order valence-electron chi connectivity index (χ2n) is 8.97. The van der Waals surface area contributed by atoms with Crippen molar-refractivity contribution in [1.82, 2.24) is 30.6 Å². The summed E-state index contributed by atoms with van der Waals surface area (Å²) in [5.74, 6) is -1.49. The topological polar surface area (TPSA) is 227 Å². The zero-order chi connectivity index (χ0) is 29.6. The van der Waals surface area contributed by atoms with Crippen LogP contribution in [-0.4, -0.2) is 81.0 Å². The highest BCUT2D eigenvalue weighted by atomic mass is 16.5. The third-order valence-corrected chi connectivity index (χ3v) is 5.87. The first kappa shape index (κ1) is 31.3. The molecule has 8 N–H and O–H groups in total. The number of H-pyrrole nitrogens is 1. The molecule has 3 rings (SSSR count). The van der Waals surface area contributed by atoms with Gasteiger partial charge in [0.25, 0.3) is 5.56 Å². The zero-order valence-corrected chi connectivity index (χ0v) is 22.8. The van der Waals surface area contributed by atoms with Crippen molar-refractivity contribution in [3.05, 3.63) is 52.1 Å². The number of nitrogens with zero attached hydrogens (tertiary/aromatic N) is 3. The molecular formula is C26H36N8O7. The first-order valence-electron chi connectivity index (χ1n) is 13.2. The second-order valence-corrected chi connectivity index (χ2v) is 8.97. The Morgan fingerprint density at radius 1 is 1.12 bits per heavy atom. The summed E-state index contributed by atoms with van der Waals surface area (Å²) >= 11 is 0. The van der Waals surface area contributed by atoms with E-state index in [-0.39, 0.29) is 42.4 Å². The number of hydrogen-bond acceptors (Lipinski definition) is 12. The third kappa shape index (κ3) is 10.4. The lowest BCUT2D eigenvalue weighted by molar-refractivity contribution is -0.141. The number of anilines is 2. The van der Waals surface area contributed by atoms with E-state index in [2.05, 4.69) is 35.9 Å². The number of carboxylic acids is 1. The Bertz CT molecular complexity index is 1340. The number of carbonyl (C=O) groups excluding carboxylic acids is 1. The number of amides is 1. The van der Waals surface area contributed by atoms with E-state index in [1.807, 2.05) is 6.92 Å². The van der Waals surface area contributed by atoms with E-state index < -0.39 is 23.8 Å². The average Bonchev–Trinajstić information content (AvgIpc) is 2.95. The highest BCUT2D eigenvalue weighted by Gasteiger charge is 2.22. The van der Waals surface area contributed by atoms with Crippen LogP contribution < -0.4 is 27.2 Å². The number of hydrogen-bond donors (Lipinski definition) is 7. The van der Waals surface area contributed by atoms with E-state index in [4.69, 9.17) is 15.2 Å². The van der Waals surface area contributed by atoms with Crippen LogP contribution in [0.15, 0.2) is 35.3 Å². The number of aromatic amines is 1. The lowest BCUT2D eigenvalue weighted by Crippen LogP contribution is -2.40. The summed E-state index contributed by atoms with van der Waals surface area (Å²) in [6.45, 7) is 4.73. The van der Waals surface area contributed by atoms with Crippen LogP contribution in [0.5, 0.6) is 0 Å². The molecule has 0 aliphatic carbocycles. The van der Waals surface area contributed by atoms with Gasteiger partial charge in [0, 0.05) is 31.9 Å². The van der Waals surface area contributed by atoms with Crippen LogP contribution in [-0.2, 0) is 25.6 Å². The smallest absolute Gasteiger partial charge is 0.320 e. The fourth-order valence-corrected chi connectivity index (χ4v) is 3.73. The minimum Gasteiger partial charge on any atom is -0.480 e. The molecule has 0 bridgehead atoms. The van der Waals surface area contributed by atoms with Gasteiger partial charge in [-0.25, -0.2) is 9.97 Å². The van der Waals surface area contributed by atoms with Gasteiger partial charge in [-0.15, -0.1) is 0 Å². The number of benzene rings is 1. The molecule has 0 aliphatic heterocycles. The van der Waals surface area contributed by atoms with Gasteiger partial charge in [-0.05, 0) is 37.5 Å². The van der Waals surface area contributed by atoms with E-state index in [0.29, 0.717) is 56.3 Å². The molecule has 0 spiro atoms. The molecule has 0 radical (unpaired) electrons. The number of rotatable bonds is 18. The first-order valence-corrected chi connectivity index (χ1v) is 13.2. The Morgan fingerprint density at radius 2 is 1.88 bits per heavy atom. The molecule has 15 nitrogen and oxygen atoms in total. The Morgan fingerprint density at radius 3 is 2.61 bits per heavy atom. The Hall–Kier alpha value is -4.18. The van der Waals surface area contributed by atoms with Gasteiger partial charge in [0.1, 0.15) is 12.3 Å². The number of aliphatic hydroxyl groups is 1. The number of nitrogen functional groups attached to an aromatic ring is 1. The number of nitrogens with one attached hydrogen (secondary N) is 4. The molecule has 2 aromatic heterocycles. The Kier molecular flexibility index (Phi) is 12.4. The molecule has 222 valence electrons. The lowest BCUT2D eigenvalue weighted by Gasteiger charge is -2.20. The highest BCUT2D eigenvalue weighted by molar-refractivity contribution is 5.78. The minimum absolute atomic E-state index is 0.000459. The summed E-state index contributed by atoms with van der Waals surface area (Å²) < 4.78 is 10.5. The van der Waals surface area contributed by atoms with Crippen molar-refractivity contribution < 1.29 is 29.3 Å². The molecule has 1 aromatic carbocycles. The fraction of sp³-hybridized carbons (Fsp3) is 0.462. The van der Waals surface area contributed by atoms with Crippen LogP contribution in [0.4, 0.5) is 11.6 Å².